The maximum absolute atomic E-state index is 12.4. The van der Waals surface area contributed by atoms with Crippen LogP contribution in [0.4, 0.5) is 17.3 Å². The molecule has 2 N–H and O–H groups in total. The van der Waals surface area contributed by atoms with Crippen LogP contribution in [0.2, 0.25) is 10.0 Å². The zero-order valence-electron chi connectivity index (χ0n) is 13.2. The fourth-order valence-electron chi connectivity index (χ4n) is 2.09. The monoisotopic (exact) mass is 383 g/mol. The molecule has 0 bridgehead atoms. The van der Waals surface area contributed by atoms with Crippen LogP contribution in [0.3, 0.4) is 0 Å². The van der Waals surface area contributed by atoms with Crippen LogP contribution >= 0.6 is 23.2 Å². The fraction of sp³-hybridized carbons (Fsp3) is 0. The number of nitrogens with zero attached hydrogens (tertiary/aromatic N) is 3. The van der Waals surface area contributed by atoms with Crippen molar-refractivity contribution in [2.24, 2.45) is 0 Å². The molecule has 0 aliphatic heterocycles. The van der Waals surface area contributed by atoms with Crippen LogP contribution in [0.15, 0.2) is 54.7 Å². The van der Waals surface area contributed by atoms with E-state index in [1.165, 1.54) is 12.3 Å². The Morgan fingerprint density at radius 3 is 2.58 bits per heavy atom. The topological polar surface area (TPSA) is 90.7 Å². The lowest BCUT2D eigenvalue weighted by Gasteiger charge is -2.09. The highest BCUT2D eigenvalue weighted by Crippen LogP contribution is 2.30. The second kappa shape index (κ2) is 7.83. The van der Waals surface area contributed by atoms with Crippen LogP contribution < -0.4 is 10.6 Å². The molecule has 0 spiro atoms. The van der Waals surface area contributed by atoms with Crippen molar-refractivity contribution in [1.29, 1.82) is 5.26 Å². The van der Waals surface area contributed by atoms with Gasteiger partial charge in [0.1, 0.15) is 5.69 Å². The van der Waals surface area contributed by atoms with Crippen LogP contribution in [0.1, 0.15) is 16.1 Å². The molecule has 2 aromatic carbocycles. The van der Waals surface area contributed by atoms with E-state index in [4.69, 9.17) is 28.5 Å². The summed E-state index contributed by atoms with van der Waals surface area (Å²) < 4.78 is 0. The summed E-state index contributed by atoms with van der Waals surface area (Å²) in [6.07, 6.45) is 1.46. The molecule has 1 aromatic heterocycles. The normalized spacial score (nSPS) is 10.0. The maximum Gasteiger partial charge on any atom is 0.274 e. The number of nitriles is 1. The zero-order chi connectivity index (χ0) is 18.5. The summed E-state index contributed by atoms with van der Waals surface area (Å²) in [4.78, 5) is 20.6. The second-order valence-corrected chi connectivity index (χ2v) is 5.92. The van der Waals surface area contributed by atoms with Gasteiger partial charge in [-0.3, -0.25) is 4.79 Å². The van der Waals surface area contributed by atoms with Crippen LogP contribution in [0.5, 0.6) is 0 Å². The molecule has 128 valence electrons. The van der Waals surface area contributed by atoms with E-state index >= 15 is 0 Å². The summed E-state index contributed by atoms with van der Waals surface area (Å²) in [6.45, 7) is 0. The molecular weight excluding hydrogens is 373 g/mol. The first-order chi connectivity index (χ1) is 12.6. The van der Waals surface area contributed by atoms with Crippen molar-refractivity contribution < 1.29 is 4.79 Å². The number of anilines is 3. The lowest BCUT2D eigenvalue weighted by Crippen LogP contribution is -2.14. The van der Waals surface area contributed by atoms with Crippen molar-refractivity contribution >= 4 is 46.4 Å². The molecule has 0 aliphatic carbocycles. The molecule has 6 nitrogen and oxygen atoms in total. The van der Waals surface area contributed by atoms with Crippen molar-refractivity contribution in [1.82, 2.24) is 9.97 Å². The molecule has 0 saturated carbocycles. The van der Waals surface area contributed by atoms with Crippen LogP contribution in [0, 0.1) is 11.3 Å². The van der Waals surface area contributed by atoms with Crippen molar-refractivity contribution in [2.75, 3.05) is 10.6 Å². The summed E-state index contributed by atoms with van der Waals surface area (Å²) in [5, 5.41) is 15.2. The smallest absolute Gasteiger partial charge is 0.274 e. The minimum atomic E-state index is -0.405. The van der Waals surface area contributed by atoms with Gasteiger partial charge in [-0.2, -0.15) is 5.26 Å². The van der Waals surface area contributed by atoms with Gasteiger partial charge in [0.05, 0.1) is 27.4 Å². The molecule has 8 heteroatoms. The number of nitrogens with one attached hydrogen (secondary N) is 2. The van der Waals surface area contributed by atoms with Gasteiger partial charge in [-0.25, -0.2) is 9.97 Å². The van der Waals surface area contributed by atoms with Gasteiger partial charge in [0.15, 0.2) is 0 Å². The number of aromatic nitrogens is 2. The van der Waals surface area contributed by atoms with Crippen molar-refractivity contribution in [3.8, 4) is 6.07 Å². The Hall–Kier alpha value is -3.14. The lowest BCUT2D eigenvalue weighted by molar-refractivity contribution is 0.102. The Kier molecular flexibility index (Phi) is 5.32. The Morgan fingerprint density at radius 1 is 1.08 bits per heavy atom. The first-order valence-corrected chi connectivity index (χ1v) is 8.18. The largest absolute Gasteiger partial charge is 0.323 e. The molecule has 1 amide bonds. The SMILES string of the molecule is N#Cc1ccc(NC(=O)c2ccnc(Nc3cccc(Cl)c3Cl)n2)cc1. The Morgan fingerprint density at radius 2 is 1.85 bits per heavy atom. The summed E-state index contributed by atoms with van der Waals surface area (Å²) in [7, 11) is 0. The predicted octanol–water partition coefficient (Wildman–Crippen LogP) is 4.65. The van der Waals surface area contributed by atoms with E-state index in [2.05, 4.69) is 20.6 Å². The minimum absolute atomic E-state index is 0.171. The highest BCUT2D eigenvalue weighted by atomic mass is 35.5. The first kappa shape index (κ1) is 17.7. The molecule has 0 radical (unpaired) electrons. The molecule has 0 saturated heterocycles. The van der Waals surface area contributed by atoms with Crippen molar-refractivity contribution in [3.05, 3.63) is 76.0 Å². The fourth-order valence-corrected chi connectivity index (χ4v) is 2.44. The number of hydrogen-bond donors (Lipinski definition) is 2. The second-order valence-electron chi connectivity index (χ2n) is 5.14. The Bertz CT molecular complexity index is 999. The zero-order valence-corrected chi connectivity index (χ0v) is 14.7. The number of halogens is 2. The lowest BCUT2D eigenvalue weighted by atomic mass is 10.2. The third-order valence-corrected chi connectivity index (χ3v) is 4.18. The first-order valence-electron chi connectivity index (χ1n) is 7.42. The number of carbonyl (C=O) groups is 1. The van der Waals surface area contributed by atoms with E-state index in [1.54, 1.807) is 42.5 Å². The number of amides is 1. The highest BCUT2D eigenvalue weighted by molar-refractivity contribution is 6.43. The molecule has 0 aliphatic rings. The molecule has 3 aromatic rings. The molecule has 26 heavy (non-hydrogen) atoms. The van der Waals surface area contributed by atoms with Gasteiger partial charge < -0.3 is 10.6 Å². The highest BCUT2D eigenvalue weighted by Gasteiger charge is 2.11. The number of carbonyl (C=O) groups excluding carboxylic acids is 1. The average molecular weight is 384 g/mol. The standard InChI is InChI=1S/C18H11Cl2N5O/c19-13-2-1-3-14(16(13)20)24-18-22-9-8-15(25-18)17(26)23-12-6-4-11(10-21)5-7-12/h1-9H,(H,23,26)(H,22,24,25). The summed E-state index contributed by atoms with van der Waals surface area (Å²) in [5.74, 6) is -0.195. The van der Waals surface area contributed by atoms with Gasteiger partial charge in [-0.15, -0.1) is 0 Å². The van der Waals surface area contributed by atoms with Crippen LogP contribution in [-0.4, -0.2) is 15.9 Å². The van der Waals surface area contributed by atoms with E-state index in [-0.39, 0.29) is 11.6 Å². The molecule has 1 heterocycles. The third kappa shape index (κ3) is 4.09. The van der Waals surface area contributed by atoms with E-state index in [0.29, 0.717) is 27.0 Å². The summed E-state index contributed by atoms with van der Waals surface area (Å²) >= 11 is 12.1. The molecule has 3 rings (SSSR count). The summed E-state index contributed by atoms with van der Waals surface area (Å²) in [5.41, 5.74) is 1.77. The van der Waals surface area contributed by atoms with E-state index < -0.39 is 5.91 Å². The van der Waals surface area contributed by atoms with Gasteiger partial charge in [0, 0.05) is 11.9 Å². The Balaban J connectivity index is 1.76. The molecule has 0 fully saturated rings. The van der Waals surface area contributed by atoms with Gasteiger partial charge in [-0.05, 0) is 42.5 Å². The van der Waals surface area contributed by atoms with Crippen molar-refractivity contribution in [2.45, 2.75) is 0 Å². The Labute approximate surface area is 159 Å². The van der Waals surface area contributed by atoms with E-state index in [9.17, 15) is 4.79 Å². The van der Waals surface area contributed by atoms with Crippen LogP contribution in [0.25, 0.3) is 0 Å². The van der Waals surface area contributed by atoms with Gasteiger partial charge >= 0.3 is 0 Å². The quantitative estimate of drug-likeness (QED) is 0.683. The summed E-state index contributed by atoms with van der Waals surface area (Å²) in [6, 6.07) is 15.1. The van der Waals surface area contributed by atoms with E-state index in [0.717, 1.165) is 0 Å². The van der Waals surface area contributed by atoms with Gasteiger partial charge in [0.25, 0.3) is 5.91 Å². The molecule has 0 unspecified atom stereocenters. The van der Waals surface area contributed by atoms with Crippen molar-refractivity contribution in [3.63, 3.8) is 0 Å². The van der Waals surface area contributed by atoms with Gasteiger partial charge in [-0.1, -0.05) is 29.3 Å². The predicted molar refractivity (Wildman–Crippen MR) is 101 cm³/mol. The van der Waals surface area contributed by atoms with Crippen LogP contribution in [-0.2, 0) is 0 Å². The number of hydrogen-bond acceptors (Lipinski definition) is 5. The number of benzene rings is 2. The van der Waals surface area contributed by atoms with E-state index in [1.807, 2.05) is 6.07 Å². The number of rotatable bonds is 4. The third-order valence-electron chi connectivity index (χ3n) is 3.36. The maximum atomic E-state index is 12.4. The van der Waals surface area contributed by atoms with Gasteiger partial charge in [0.2, 0.25) is 5.95 Å². The average Bonchev–Trinajstić information content (AvgIpc) is 2.66. The molecular formula is C18H11Cl2N5O. The minimum Gasteiger partial charge on any atom is -0.323 e. The molecule has 0 atom stereocenters.